The molecule has 18 heteroatoms. The van der Waals surface area contributed by atoms with Crippen LogP contribution in [-0.4, -0.2) is 70.4 Å². The molecular formula is C14H22F10N2O4S2. The molecule has 0 saturated carbocycles. The van der Waals surface area contributed by atoms with Crippen molar-refractivity contribution in [3.8, 4) is 0 Å². The Kier molecular flexibility index (Phi) is 9.89. The first-order valence-corrected chi connectivity index (χ1v) is 11.9. The lowest BCUT2D eigenvalue weighted by atomic mass is 10.1. The van der Waals surface area contributed by atoms with Crippen molar-refractivity contribution in [2.24, 2.45) is 0 Å². The van der Waals surface area contributed by atoms with Crippen molar-refractivity contribution in [2.75, 3.05) is 26.2 Å². The summed E-state index contributed by atoms with van der Waals surface area (Å²) < 4.78 is 162. The monoisotopic (exact) mass is 536 g/mol. The second-order valence-electron chi connectivity index (χ2n) is 6.94. The molecule has 1 fully saturated rings. The Hall–Kier alpha value is -0.880. The number of rotatable bonds is 7. The lowest BCUT2D eigenvalue weighted by molar-refractivity contribution is -0.930. The summed E-state index contributed by atoms with van der Waals surface area (Å²) in [6, 6.07) is 0. The van der Waals surface area contributed by atoms with E-state index in [0.29, 0.717) is 4.13 Å². The molecule has 1 saturated heterocycles. The van der Waals surface area contributed by atoms with Crippen LogP contribution in [0.5, 0.6) is 0 Å². The Morgan fingerprint density at radius 3 is 1.28 bits per heavy atom. The van der Waals surface area contributed by atoms with Crippen molar-refractivity contribution < 1.29 is 65.2 Å². The van der Waals surface area contributed by atoms with E-state index in [2.05, 4.69) is 13.8 Å². The molecule has 1 aliphatic rings. The van der Waals surface area contributed by atoms with Gasteiger partial charge in [0.05, 0.1) is 26.2 Å². The number of quaternary nitrogens is 1. The number of hydrogen-bond donors (Lipinski definition) is 0. The zero-order valence-corrected chi connectivity index (χ0v) is 18.4. The topological polar surface area (TPSA) is 82.4 Å². The minimum atomic E-state index is -7.62. The van der Waals surface area contributed by atoms with E-state index in [4.69, 9.17) is 0 Å². The van der Waals surface area contributed by atoms with Crippen LogP contribution >= 0.6 is 0 Å². The zero-order valence-electron chi connectivity index (χ0n) is 16.8. The summed E-state index contributed by atoms with van der Waals surface area (Å²) >= 11 is 0. The molecular weight excluding hydrogens is 514 g/mol. The quantitative estimate of drug-likeness (QED) is 0.348. The van der Waals surface area contributed by atoms with Gasteiger partial charge in [-0.15, -0.1) is 0 Å². The Morgan fingerprint density at radius 1 is 0.688 bits per heavy atom. The third-order valence-electron chi connectivity index (χ3n) is 4.64. The highest BCUT2D eigenvalue weighted by Gasteiger charge is 2.68. The second kappa shape index (κ2) is 10.2. The minimum absolute atomic E-state index is 0.422. The summed E-state index contributed by atoms with van der Waals surface area (Å²) in [5.41, 5.74) is 0. The largest absolute Gasteiger partial charge is 0.467 e. The third-order valence-corrected chi connectivity index (χ3v) is 7.97. The molecule has 0 bridgehead atoms. The van der Waals surface area contributed by atoms with Crippen LogP contribution in [0.1, 0.15) is 39.5 Å². The first-order chi connectivity index (χ1) is 14.0. The van der Waals surface area contributed by atoms with E-state index in [9.17, 15) is 60.7 Å². The lowest BCUT2D eigenvalue weighted by Gasteiger charge is -2.40. The van der Waals surface area contributed by atoms with Gasteiger partial charge in [0.1, 0.15) is 0 Å². The van der Waals surface area contributed by atoms with E-state index in [0.717, 1.165) is 0 Å². The molecule has 0 amide bonds. The third kappa shape index (κ3) is 6.82. The molecule has 0 aromatic rings. The van der Waals surface area contributed by atoms with Crippen LogP contribution in [0.2, 0.25) is 0 Å². The molecule has 194 valence electrons. The maximum atomic E-state index is 12.3. The molecule has 0 radical (unpaired) electrons. The van der Waals surface area contributed by atoms with Gasteiger partial charge in [0.2, 0.25) is 0 Å². The molecule has 0 unspecified atom stereocenters. The van der Waals surface area contributed by atoms with E-state index < -0.39 is 42.9 Å². The molecule has 0 spiro atoms. The number of nitrogens with zero attached hydrogens (tertiary/aromatic N) is 2. The average molecular weight is 536 g/mol. The van der Waals surface area contributed by atoms with E-state index in [1.165, 1.54) is 56.3 Å². The van der Waals surface area contributed by atoms with Crippen LogP contribution in [0.15, 0.2) is 0 Å². The summed E-state index contributed by atoms with van der Waals surface area (Å²) in [6.07, 6.45) is -8.24. The number of halogens is 10. The van der Waals surface area contributed by atoms with Gasteiger partial charge in [0, 0.05) is 0 Å². The summed E-state index contributed by atoms with van der Waals surface area (Å²) in [4.78, 5) is 0. The fourth-order valence-electron chi connectivity index (χ4n) is 2.87. The summed E-state index contributed by atoms with van der Waals surface area (Å²) in [5.74, 6) is 0. The van der Waals surface area contributed by atoms with Crippen molar-refractivity contribution in [1.29, 1.82) is 0 Å². The van der Waals surface area contributed by atoms with E-state index in [-0.39, 0.29) is 0 Å². The minimum Gasteiger partial charge on any atom is -0.425 e. The summed E-state index contributed by atoms with van der Waals surface area (Å²) in [7, 11) is -15.2. The van der Waals surface area contributed by atoms with Gasteiger partial charge in [-0.2, -0.15) is 43.9 Å². The highest BCUT2D eigenvalue weighted by Crippen LogP contribution is 2.47. The molecule has 1 heterocycles. The van der Waals surface area contributed by atoms with Crippen LogP contribution in [0.25, 0.3) is 4.13 Å². The first kappa shape index (κ1) is 31.1. The van der Waals surface area contributed by atoms with E-state index in [1.54, 1.807) is 0 Å². The molecule has 1 aliphatic heterocycles. The van der Waals surface area contributed by atoms with Crippen molar-refractivity contribution in [3.05, 3.63) is 4.13 Å². The van der Waals surface area contributed by atoms with Gasteiger partial charge in [-0.25, -0.2) is 16.8 Å². The molecule has 0 aromatic carbocycles. The molecule has 32 heavy (non-hydrogen) atoms. The van der Waals surface area contributed by atoms with E-state index in [1.807, 2.05) is 0 Å². The average Bonchev–Trinajstić information content (AvgIpc) is 2.60. The maximum Gasteiger partial charge on any atom is 0.467 e. The Balaban J connectivity index is 0.000000726. The summed E-state index contributed by atoms with van der Waals surface area (Å²) in [5, 5.41) is -14.0. The van der Waals surface area contributed by atoms with Gasteiger partial charge in [0.25, 0.3) is 0 Å². The number of piperidine rings is 1. The predicted molar refractivity (Wildman–Crippen MR) is 92.7 cm³/mol. The maximum absolute atomic E-state index is 12.3. The van der Waals surface area contributed by atoms with Crippen molar-refractivity contribution in [1.82, 2.24) is 0 Å². The SMILES string of the molecule is CCC[N+]1(CC)CCCCC1.O=S(=O)([N-]S(=O)(=O)C(F)(F)C(F)(F)F)C(F)(F)C(F)(F)F. The molecule has 1 rings (SSSR count). The number of alkyl halides is 10. The molecule has 0 atom stereocenters. The highest BCUT2D eigenvalue weighted by molar-refractivity contribution is 8.13. The lowest BCUT2D eigenvalue weighted by Crippen LogP contribution is -2.51. The summed E-state index contributed by atoms with van der Waals surface area (Å²) in [6.45, 7) is 10.3. The van der Waals surface area contributed by atoms with E-state index >= 15 is 0 Å². The van der Waals surface area contributed by atoms with Gasteiger partial charge in [-0.05, 0) is 32.6 Å². The van der Waals surface area contributed by atoms with Crippen LogP contribution in [0.3, 0.4) is 0 Å². The Labute approximate surface area is 178 Å². The van der Waals surface area contributed by atoms with Crippen molar-refractivity contribution >= 4 is 20.0 Å². The van der Waals surface area contributed by atoms with Gasteiger partial charge in [0.15, 0.2) is 20.0 Å². The smallest absolute Gasteiger partial charge is 0.425 e. The molecule has 6 nitrogen and oxygen atoms in total. The van der Waals surface area contributed by atoms with Crippen LogP contribution < -0.4 is 0 Å². The Morgan fingerprint density at radius 2 is 1.03 bits per heavy atom. The van der Waals surface area contributed by atoms with Gasteiger partial charge < -0.3 is 8.61 Å². The fraction of sp³-hybridized carbons (Fsp3) is 1.00. The molecule has 0 aliphatic carbocycles. The van der Waals surface area contributed by atoms with Crippen LogP contribution in [0, 0.1) is 0 Å². The number of likely N-dealkylation sites (tertiary alicyclic amines) is 1. The van der Waals surface area contributed by atoms with Gasteiger partial charge in [-0.3, -0.25) is 0 Å². The molecule has 0 aromatic heterocycles. The molecule has 0 N–H and O–H groups in total. The normalized spacial score (nSPS) is 18.6. The van der Waals surface area contributed by atoms with Gasteiger partial charge in [-0.1, -0.05) is 6.92 Å². The van der Waals surface area contributed by atoms with Crippen molar-refractivity contribution in [3.63, 3.8) is 0 Å². The van der Waals surface area contributed by atoms with Crippen molar-refractivity contribution in [2.45, 2.75) is 62.4 Å². The van der Waals surface area contributed by atoms with Crippen LogP contribution in [-0.2, 0) is 20.0 Å². The number of sulfonamides is 2. The van der Waals surface area contributed by atoms with Gasteiger partial charge >= 0.3 is 22.9 Å². The first-order valence-electron chi connectivity index (χ1n) is 9.01. The Bertz CT molecular complexity index is 758. The number of hydrogen-bond acceptors (Lipinski definition) is 4. The zero-order chi connectivity index (χ0) is 25.9. The standard InChI is InChI=1S/C10H22N.C4F10NO4S2/c1-3-8-11(4-2)9-6-5-7-10-11;5-1(6,7)3(11,12)20(16,17)15-21(18,19)4(13,14)2(8,9)10/h3-10H2,1-2H3;/q+1;-1. The predicted octanol–water partition coefficient (Wildman–Crippen LogP) is 4.75. The fourth-order valence-corrected chi connectivity index (χ4v) is 5.24. The van der Waals surface area contributed by atoms with Crippen LogP contribution in [0.4, 0.5) is 43.9 Å². The second-order valence-corrected chi connectivity index (χ2v) is 10.5. The highest BCUT2D eigenvalue weighted by atomic mass is 32.3.